The van der Waals surface area contributed by atoms with Crippen molar-refractivity contribution in [1.29, 1.82) is 0 Å². The minimum Gasteiger partial charge on any atom is -0.495 e. The molecule has 0 saturated carbocycles. The summed E-state index contributed by atoms with van der Waals surface area (Å²) < 4.78 is 5.27. The number of likely N-dealkylation sites (N-methyl/N-ethyl adjacent to an activating group) is 1. The summed E-state index contributed by atoms with van der Waals surface area (Å²) >= 11 is 1.36. The van der Waals surface area contributed by atoms with Crippen molar-refractivity contribution in [1.82, 2.24) is 14.9 Å². The number of ether oxygens (including phenoxy) is 1. The van der Waals surface area contributed by atoms with Gasteiger partial charge in [-0.15, -0.1) is 11.3 Å². The maximum Gasteiger partial charge on any atom is 0.264 e. The summed E-state index contributed by atoms with van der Waals surface area (Å²) in [6, 6.07) is 7.18. The van der Waals surface area contributed by atoms with E-state index in [1.165, 1.54) is 16.2 Å². The highest BCUT2D eigenvalue weighted by Gasteiger charge is 2.24. The molecular weight excluding hydrogens is 400 g/mol. The molecule has 8 heteroatoms. The van der Waals surface area contributed by atoms with Gasteiger partial charge in [0, 0.05) is 24.0 Å². The number of carbonyl (C=O) groups is 2. The third kappa shape index (κ3) is 4.28. The molecule has 7 nitrogen and oxygen atoms in total. The number of nitrogens with one attached hydrogen (secondary N) is 1. The van der Waals surface area contributed by atoms with E-state index in [1.807, 2.05) is 39.8 Å². The van der Waals surface area contributed by atoms with Gasteiger partial charge in [-0.3, -0.25) is 9.59 Å². The summed E-state index contributed by atoms with van der Waals surface area (Å²) in [7, 11) is 1.55. The number of anilines is 1. The molecule has 0 unspecified atom stereocenters. The second-order valence-electron chi connectivity index (χ2n) is 6.88. The van der Waals surface area contributed by atoms with Crippen molar-refractivity contribution in [2.75, 3.05) is 25.5 Å². The van der Waals surface area contributed by atoms with Gasteiger partial charge in [-0.1, -0.05) is 19.1 Å². The van der Waals surface area contributed by atoms with E-state index in [0.29, 0.717) is 22.9 Å². The standard InChI is InChI=1S/C22H26N4O3S/c1-6-17-23-14(4)19-13(3)20(30-21(19)25-17)22(28)26(7-2)12-18(27)24-15-10-8-9-11-16(15)29-5/h8-11H,6-7,12H2,1-5H3,(H,24,27). The molecule has 0 aliphatic carbocycles. The van der Waals surface area contributed by atoms with Gasteiger partial charge in [0.1, 0.15) is 22.9 Å². The van der Waals surface area contributed by atoms with Crippen LogP contribution in [0.1, 0.15) is 40.6 Å². The molecule has 2 amide bonds. The van der Waals surface area contributed by atoms with Crippen molar-refractivity contribution < 1.29 is 14.3 Å². The van der Waals surface area contributed by atoms with E-state index >= 15 is 0 Å². The highest BCUT2D eigenvalue weighted by Crippen LogP contribution is 2.32. The van der Waals surface area contributed by atoms with Crippen LogP contribution in [0.15, 0.2) is 24.3 Å². The van der Waals surface area contributed by atoms with E-state index in [-0.39, 0.29) is 18.4 Å². The number of benzene rings is 1. The lowest BCUT2D eigenvalue weighted by Gasteiger charge is -2.20. The van der Waals surface area contributed by atoms with Crippen molar-refractivity contribution in [3.8, 4) is 5.75 Å². The topological polar surface area (TPSA) is 84.4 Å². The second-order valence-corrected chi connectivity index (χ2v) is 7.88. The molecule has 30 heavy (non-hydrogen) atoms. The number of methoxy groups -OCH3 is 1. The lowest BCUT2D eigenvalue weighted by molar-refractivity contribution is -0.116. The van der Waals surface area contributed by atoms with Crippen LogP contribution in [-0.2, 0) is 11.2 Å². The Balaban J connectivity index is 1.83. The number of hydrogen-bond donors (Lipinski definition) is 1. The van der Waals surface area contributed by atoms with Crippen molar-refractivity contribution in [2.45, 2.75) is 34.1 Å². The largest absolute Gasteiger partial charge is 0.495 e. The quantitative estimate of drug-likeness (QED) is 0.618. The Morgan fingerprint density at radius 2 is 1.90 bits per heavy atom. The number of carbonyl (C=O) groups excluding carboxylic acids is 2. The van der Waals surface area contributed by atoms with E-state index in [4.69, 9.17) is 4.74 Å². The Morgan fingerprint density at radius 3 is 2.57 bits per heavy atom. The number of rotatable bonds is 7. The Bertz CT molecular complexity index is 1090. The van der Waals surface area contributed by atoms with Crippen LogP contribution in [0.2, 0.25) is 0 Å². The first-order valence-electron chi connectivity index (χ1n) is 9.88. The van der Waals surface area contributed by atoms with Gasteiger partial charge in [0.15, 0.2) is 0 Å². The molecule has 0 fully saturated rings. The molecule has 0 aliphatic heterocycles. The zero-order valence-electron chi connectivity index (χ0n) is 17.9. The Labute approximate surface area is 180 Å². The van der Waals surface area contributed by atoms with Crippen molar-refractivity contribution >= 4 is 39.1 Å². The van der Waals surface area contributed by atoms with Crippen LogP contribution in [0, 0.1) is 13.8 Å². The van der Waals surface area contributed by atoms with Gasteiger partial charge in [-0.2, -0.15) is 0 Å². The Morgan fingerprint density at radius 1 is 1.17 bits per heavy atom. The Kier molecular flexibility index (Phi) is 6.66. The smallest absolute Gasteiger partial charge is 0.264 e. The summed E-state index contributed by atoms with van der Waals surface area (Å²) in [6.07, 6.45) is 0.737. The fourth-order valence-corrected chi connectivity index (χ4v) is 4.56. The molecule has 3 aromatic rings. The van der Waals surface area contributed by atoms with Gasteiger partial charge in [-0.05, 0) is 38.5 Å². The Hall–Kier alpha value is -3.00. The third-order valence-electron chi connectivity index (χ3n) is 4.91. The van der Waals surface area contributed by atoms with Crippen molar-refractivity contribution in [3.05, 3.63) is 46.2 Å². The van der Waals surface area contributed by atoms with Crippen LogP contribution in [-0.4, -0.2) is 46.9 Å². The molecule has 0 bridgehead atoms. The zero-order valence-corrected chi connectivity index (χ0v) is 18.7. The lowest BCUT2D eigenvalue weighted by atomic mass is 10.1. The van der Waals surface area contributed by atoms with Crippen molar-refractivity contribution in [3.63, 3.8) is 0 Å². The normalized spacial score (nSPS) is 10.8. The number of nitrogens with zero attached hydrogens (tertiary/aromatic N) is 3. The molecular formula is C22H26N4O3S. The maximum atomic E-state index is 13.2. The van der Waals surface area contributed by atoms with Crippen LogP contribution in [0.5, 0.6) is 5.75 Å². The molecule has 0 atom stereocenters. The second kappa shape index (κ2) is 9.21. The average molecular weight is 427 g/mol. The van der Waals surface area contributed by atoms with Gasteiger partial charge in [-0.25, -0.2) is 9.97 Å². The summed E-state index contributed by atoms with van der Waals surface area (Å²) in [5, 5.41) is 3.75. The first-order chi connectivity index (χ1) is 14.4. The van der Waals surface area contributed by atoms with E-state index < -0.39 is 0 Å². The molecule has 0 radical (unpaired) electrons. The monoisotopic (exact) mass is 426 g/mol. The molecule has 0 aliphatic rings. The van der Waals surface area contributed by atoms with Gasteiger partial charge >= 0.3 is 0 Å². The van der Waals surface area contributed by atoms with Crippen LogP contribution in [0.3, 0.4) is 0 Å². The number of aromatic nitrogens is 2. The summed E-state index contributed by atoms with van der Waals surface area (Å²) in [5.74, 6) is 0.883. The first-order valence-corrected chi connectivity index (χ1v) is 10.7. The van der Waals surface area contributed by atoms with E-state index in [2.05, 4.69) is 15.3 Å². The van der Waals surface area contributed by atoms with E-state index in [1.54, 1.807) is 19.2 Å². The number of aryl methyl sites for hydroxylation is 3. The van der Waals surface area contributed by atoms with Gasteiger partial charge in [0.25, 0.3) is 5.91 Å². The number of para-hydroxylation sites is 2. The lowest BCUT2D eigenvalue weighted by Crippen LogP contribution is -2.37. The molecule has 2 aromatic heterocycles. The number of thiophene rings is 1. The molecule has 158 valence electrons. The predicted octanol–water partition coefficient (Wildman–Crippen LogP) is 3.98. The highest BCUT2D eigenvalue weighted by atomic mass is 32.1. The summed E-state index contributed by atoms with van der Waals surface area (Å²) in [4.78, 5) is 37.9. The summed E-state index contributed by atoms with van der Waals surface area (Å²) in [5.41, 5.74) is 2.31. The molecule has 3 rings (SSSR count). The minimum atomic E-state index is -0.280. The summed E-state index contributed by atoms with van der Waals surface area (Å²) in [6.45, 7) is 8.08. The SMILES string of the molecule is CCc1nc(C)c2c(C)c(C(=O)N(CC)CC(=O)Nc3ccccc3OC)sc2n1. The fourth-order valence-electron chi connectivity index (χ4n) is 3.34. The predicted molar refractivity (Wildman–Crippen MR) is 119 cm³/mol. The van der Waals surface area contributed by atoms with Crippen LogP contribution >= 0.6 is 11.3 Å². The molecule has 1 aromatic carbocycles. The van der Waals surface area contributed by atoms with Crippen LogP contribution < -0.4 is 10.1 Å². The molecule has 1 N–H and O–H groups in total. The van der Waals surface area contributed by atoms with Gasteiger partial charge in [0.05, 0.1) is 17.7 Å². The van der Waals surface area contributed by atoms with Crippen LogP contribution in [0.4, 0.5) is 5.69 Å². The first kappa shape index (κ1) is 21.7. The van der Waals surface area contributed by atoms with E-state index in [9.17, 15) is 9.59 Å². The minimum absolute atomic E-state index is 0.0497. The van der Waals surface area contributed by atoms with Gasteiger partial charge in [0.2, 0.25) is 5.91 Å². The van der Waals surface area contributed by atoms with Crippen molar-refractivity contribution in [2.24, 2.45) is 0 Å². The average Bonchev–Trinajstić information content (AvgIpc) is 3.08. The molecule has 0 spiro atoms. The molecule has 2 heterocycles. The van der Waals surface area contributed by atoms with Crippen LogP contribution in [0.25, 0.3) is 10.2 Å². The zero-order chi connectivity index (χ0) is 21.8. The highest BCUT2D eigenvalue weighted by molar-refractivity contribution is 7.20. The maximum absolute atomic E-state index is 13.2. The van der Waals surface area contributed by atoms with Gasteiger partial charge < -0.3 is 15.0 Å². The third-order valence-corrected chi connectivity index (χ3v) is 6.09. The number of hydrogen-bond acceptors (Lipinski definition) is 6. The molecule has 0 saturated heterocycles. The number of fused-ring (bicyclic) bond motifs is 1. The fraction of sp³-hybridized carbons (Fsp3) is 0.364. The van der Waals surface area contributed by atoms with E-state index in [0.717, 1.165) is 33.7 Å². The number of amides is 2.